The van der Waals surface area contributed by atoms with Gasteiger partial charge in [0.05, 0.1) is 0 Å². The van der Waals surface area contributed by atoms with Crippen LogP contribution in [0.25, 0.3) is 0 Å². The first-order valence-corrected chi connectivity index (χ1v) is 6.24. The predicted octanol–water partition coefficient (Wildman–Crippen LogP) is 3.48. The summed E-state index contributed by atoms with van der Waals surface area (Å²) in [4.78, 5) is 2.20. The van der Waals surface area contributed by atoms with E-state index in [0.717, 1.165) is 6.54 Å². The Morgan fingerprint density at radius 3 is 2.33 bits per heavy atom. The standard InChI is InChI=1S/C16H20N2/c1-13-5-4-6-16(11-13)18(3)15-9-7-14(8-10-15)12-17-2/h4-11,17H,12H2,1-3H3. The molecule has 0 aromatic heterocycles. The molecule has 0 amide bonds. The van der Waals surface area contributed by atoms with Crippen molar-refractivity contribution < 1.29 is 0 Å². The van der Waals surface area contributed by atoms with Crippen LogP contribution in [0.15, 0.2) is 48.5 Å². The average molecular weight is 240 g/mol. The Bertz CT molecular complexity index is 503. The largest absolute Gasteiger partial charge is 0.345 e. The molecule has 0 unspecified atom stereocenters. The lowest BCUT2D eigenvalue weighted by molar-refractivity contribution is 0.818. The maximum atomic E-state index is 3.16. The highest BCUT2D eigenvalue weighted by Crippen LogP contribution is 2.24. The summed E-state index contributed by atoms with van der Waals surface area (Å²) in [7, 11) is 4.06. The van der Waals surface area contributed by atoms with Gasteiger partial charge in [-0.2, -0.15) is 0 Å². The van der Waals surface area contributed by atoms with Gasteiger partial charge < -0.3 is 10.2 Å². The number of nitrogens with one attached hydrogen (secondary N) is 1. The van der Waals surface area contributed by atoms with Gasteiger partial charge in [-0.05, 0) is 49.4 Å². The monoisotopic (exact) mass is 240 g/mol. The van der Waals surface area contributed by atoms with E-state index in [1.54, 1.807) is 0 Å². The molecule has 2 rings (SSSR count). The van der Waals surface area contributed by atoms with Crippen molar-refractivity contribution >= 4 is 11.4 Å². The molecule has 0 aliphatic heterocycles. The Balaban J connectivity index is 2.20. The fourth-order valence-electron chi connectivity index (χ4n) is 2.03. The molecule has 0 saturated carbocycles. The van der Waals surface area contributed by atoms with Gasteiger partial charge in [0.25, 0.3) is 0 Å². The molecule has 2 nitrogen and oxygen atoms in total. The van der Waals surface area contributed by atoms with Crippen LogP contribution in [-0.2, 0) is 6.54 Å². The number of hydrogen-bond acceptors (Lipinski definition) is 2. The maximum absolute atomic E-state index is 3.16. The van der Waals surface area contributed by atoms with Gasteiger partial charge in [-0.25, -0.2) is 0 Å². The zero-order chi connectivity index (χ0) is 13.0. The molecule has 0 aliphatic carbocycles. The Kier molecular flexibility index (Phi) is 4.00. The first-order chi connectivity index (χ1) is 8.70. The molecular formula is C16H20N2. The molecule has 0 fully saturated rings. The molecule has 0 saturated heterocycles. The minimum Gasteiger partial charge on any atom is -0.345 e. The smallest absolute Gasteiger partial charge is 0.0410 e. The van der Waals surface area contributed by atoms with E-state index in [4.69, 9.17) is 0 Å². The minimum atomic E-state index is 0.911. The Labute approximate surface area is 109 Å². The van der Waals surface area contributed by atoms with Crippen molar-refractivity contribution in [3.05, 3.63) is 59.7 Å². The minimum absolute atomic E-state index is 0.911. The summed E-state index contributed by atoms with van der Waals surface area (Å²) >= 11 is 0. The topological polar surface area (TPSA) is 15.3 Å². The second-order valence-corrected chi connectivity index (χ2v) is 4.59. The van der Waals surface area contributed by atoms with Crippen molar-refractivity contribution in [3.63, 3.8) is 0 Å². The lowest BCUT2D eigenvalue weighted by Crippen LogP contribution is -2.10. The summed E-state index contributed by atoms with van der Waals surface area (Å²) in [5.74, 6) is 0. The van der Waals surface area contributed by atoms with E-state index in [0.29, 0.717) is 0 Å². The van der Waals surface area contributed by atoms with E-state index in [2.05, 4.69) is 72.7 Å². The first kappa shape index (κ1) is 12.7. The Hall–Kier alpha value is -1.80. The van der Waals surface area contributed by atoms with Crippen LogP contribution >= 0.6 is 0 Å². The SMILES string of the molecule is CNCc1ccc(N(C)c2cccc(C)c2)cc1. The molecule has 0 atom stereocenters. The van der Waals surface area contributed by atoms with Crippen molar-refractivity contribution in [2.45, 2.75) is 13.5 Å². The fourth-order valence-corrected chi connectivity index (χ4v) is 2.03. The second kappa shape index (κ2) is 5.69. The van der Waals surface area contributed by atoms with Crippen LogP contribution in [0.1, 0.15) is 11.1 Å². The van der Waals surface area contributed by atoms with E-state index >= 15 is 0 Å². The molecular weight excluding hydrogens is 220 g/mol. The molecule has 2 aromatic carbocycles. The van der Waals surface area contributed by atoms with Crippen LogP contribution in [0.4, 0.5) is 11.4 Å². The Morgan fingerprint density at radius 1 is 1.00 bits per heavy atom. The van der Waals surface area contributed by atoms with Crippen molar-refractivity contribution in [2.75, 3.05) is 19.0 Å². The van der Waals surface area contributed by atoms with Crippen LogP contribution in [0.3, 0.4) is 0 Å². The molecule has 2 heteroatoms. The van der Waals surface area contributed by atoms with Gasteiger partial charge in [-0.15, -0.1) is 0 Å². The van der Waals surface area contributed by atoms with Crippen molar-refractivity contribution in [1.82, 2.24) is 5.32 Å². The third-order valence-corrected chi connectivity index (χ3v) is 3.09. The van der Waals surface area contributed by atoms with E-state index in [9.17, 15) is 0 Å². The van der Waals surface area contributed by atoms with E-state index in [1.165, 1.54) is 22.5 Å². The Morgan fingerprint density at radius 2 is 1.72 bits per heavy atom. The summed E-state index contributed by atoms with van der Waals surface area (Å²) < 4.78 is 0. The van der Waals surface area contributed by atoms with E-state index in [1.807, 2.05) is 7.05 Å². The van der Waals surface area contributed by atoms with E-state index < -0.39 is 0 Å². The van der Waals surface area contributed by atoms with Gasteiger partial charge in [0, 0.05) is 25.0 Å². The fraction of sp³-hybridized carbons (Fsp3) is 0.250. The lowest BCUT2D eigenvalue weighted by atomic mass is 10.1. The van der Waals surface area contributed by atoms with Gasteiger partial charge >= 0.3 is 0 Å². The lowest BCUT2D eigenvalue weighted by Gasteiger charge is -2.20. The molecule has 94 valence electrons. The van der Waals surface area contributed by atoms with Crippen LogP contribution < -0.4 is 10.2 Å². The molecule has 0 bridgehead atoms. The molecule has 0 radical (unpaired) electrons. The summed E-state index contributed by atoms with van der Waals surface area (Å²) in [5, 5.41) is 3.16. The van der Waals surface area contributed by atoms with Crippen molar-refractivity contribution in [2.24, 2.45) is 0 Å². The van der Waals surface area contributed by atoms with Crippen LogP contribution in [0.2, 0.25) is 0 Å². The zero-order valence-corrected chi connectivity index (χ0v) is 11.3. The van der Waals surface area contributed by atoms with Crippen molar-refractivity contribution in [1.29, 1.82) is 0 Å². The van der Waals surface area contributed by atoms with Gasteiger partial charge in [-0.3, -0.25) is 0 Å². The predicted molar refractivity (Wildman–Crippen MR) is 78.4 cm³/mol. The number of aryl methyl sites for hydroxylation is 1. The van der Waals surface area contributed by atoms with Gasteiger partial charge in [0.1, 0.15) is 0 Å². The van der Waals surface area contributed by atoms with Gasteiger partial charge in [0.15, 0.2) is 0 Å². The number of rotatable bonds is 4. The summed E-state index contributed by atoms with van der Waals surface area (Å²) in [6, 6.07) is 17.2. The summed E-state index contributed by atoms with van der Waals surface area (Å²) in [6.45, 7) is 3.03. The summed E-state index contributed by atoms with van der Waals surface area (Å²) in [5.41, 5.74) is 5.02. The number of nitrogens with zero attached hydrogens (tertiary/aromatic N) is 1. The summed E-state index contributed by atoms with van der Waals surface area (Å²) in [6.07, 6.45) is 0. The number of hydrogen-bond donors (Lipinski definition) is 1. The molecule has 0 spiro atoms. The third kappa shape index (κ3) is 2.90. The zero-order valence-electron chi connectivity index (χ0n) is 11.3. The number of benzene rings is 2. The van der Waals surface area contributed by atoms with Crippen LogP contribution in [-0.4, -0.2) is 14.1 Å². The first-order valence-electron chi connectivity index (χ1n) is 6.24. The average Bonchev–Trinajstić information content (AvgIpc) is 2.39. The maximum Gasteiger partial charge on any atom is 0.0410 e. The molecule has 1 N–H and O–H groups in total. The van der Waals surface area contributed by atoms with Crippen LogP contribution in [0, 0.1) is 6.92 Å². The molecule has 2 aromatic rings. The van der Waals surface area contributed by atoms with Gasteiger partial charge in [0.2, 0.25) is 0 Å². The van der Waals surface area contributed by atoms with Crippen molar-refractivity contribution in [3.8, 4) is 0 Å². The third-order valence-electron chi connectivity index (χ3n) is 3.09. The quantitative estimate of drug-likeness (QED) is 0.880. The van der Waals surface area contributed by atoms with E-state index in [-0.39, 0.29) is 0 Å². The molecule has 0 aliphatic rings. The molecule has 0 heterocycles. The number of anilines is 2. The van der Waals surface area contributed by atoms with Crippen LogP contribution in [0.5, 0.6) is 0 Å². The second-order valence-electron chi connectivity index (χ2n) is 4.59. The highest BCUT2D eigenvalue weighted by atomic mass is 15.1. The van der Waals surface area contributed by atoms with Gasteiger partial charge in [-0.1, -0.05) is 24.3 Å². The molecule has 18 heavy (non-hydrogen) atoms. The highest BCUT2D eigenvalue weighted by molar-refractivity contribution is 5.63. The highest BCUT2D eigenvalue weighted by Gasteiger charge is 2.03. The normalized spacial score (nSPS) is 10.4.